The maximum atomic E-state index is 12.8. The van der Waals surface area contributed by atoms with E-state index in [-0.39, 0.29) is 5.56 Å². The molecule has 0 amide bonds. The summed E-state index contributed by atoms with van der Waals surface area (Å²) in [5.41, 5.74) is 4.73. The highest BCUT2D eigenvalue weighted by atomic mass is 32.1. The molecule has 0 fully saturated rings. The molecule has 0 bridgehead atoms. The Hall–Kier alpha value is -2.77. The third-order valence-corrected chi connectivity index (χ3v) is 5.72. The second kappa shape index (κ2) is 10.5. The molecule has 3 aromatic rings. The summed E-state index contributed by atoms with van der Waals surface area (Å²) in [6.07, 6.45) is 2.76. The lowest BCUT2D eigenvalue weighted by Gasteiger charge is -2.26. The lowest BCUT2D eigenvalue weighted by molar-refractivity contribution is 0.380. The molecule has 1 aromatic carbocycles. The van der Waals surface area contributed by atoms with E-state index in [0.717, 1.165) is 41.7 Å². The van der Waals surface area contributed by atoms with Gasteiger partial charge in [0.25, 0.3) is 5.56 Å². The van der Waals surface area contributed by atoms with E-state index in [2.05, 4.69) is 54.2 Å². The third-order valence-electron chi connectivity index (χ3n) is 5.32. The predicted octanol–water partition coefficient (Wildman–Crippen LogP) is 3.37. The van der Waals surface area contributed by atoms with Crippen molar-refractivity contribution in [2.45, 2.75) is 33.4 Å². The van der Waals surface area contributed by atoms with Gasteiger partial charge in [0, 0.05) is 23.8 Å². The van der Waals surface area contributed by atoms with Gasteiger partial charge in [0.2, 0.25) is 0 Å². The highest BCUT2D eigenvalue weighted by molar-refractivity contribution is 7.80. The van der Waals surface area contributed by atoms with Crippen molar-refractivity contribution in [3.63, 3.8) is 0 Å². The quantitative estimate of drug-likeness (QED) is 0.416. The van der Waals surface area contributed by atoms with Crippen molar-refractivity contribution < 1.29 is 0 Å². The molecule has 0 aliphatic heterocycles. The maximum absolute atomic E-state index is 12.8. The SMILES string of the molecule is Cc1cc2cc(CN(Cc3ccccn3)C(=S)NCCCN(C)C)c(=O)[nH]c2cc1C. The number of rotatable bonds is 8. The van der Waals surface area contributed by atoms with Crippen LogP contribution in [0.2, 0.25) is 0 Å². The van der Waals surface area contributed by atoms with Crippen LogP contribution >= 0.6 is 12.2 Å². The molecule has 0 saturated heterocycles. The van der Waals surface area contributed by atoms with Crippen LogP contribution in [0.3, 0.4) is 0 Å². The maximum Gasteiger partial charge on any atom is 0.253 e. The Morgan fingerprint density at radius 2 is 1.90 bits per heavy atom. The molecule has 0 aliphatic rings. The van der Waals surface area contributed by atoms with Gasteiger partial charge in [-0.3, -0.25) is 9.78 Å². The molecular weight excluding hydrogens is 406 g/mol. The standard InChI is InChI=1S/C24H31N5OS/c1-17-12-19-14-20(23(30)27-22(19)13-18(17)2)15-29(16-21-8-5-6-9-25-21)24(31)26-10-7-11-28(3)4/h5-6,8-9,12-14H,7,10-11,15-16H2,1-4H3,(H,26,31)(H,27,30). The molecule has 164 valence electrons. The summed E-state index contributed by atoms with van der Waals surface area (Å²) in [4.78, 5) is 24.4. The number of nitrogens with one attached hydrogen (secondary N) is 2. The minimum absolute atomic E-state index is 0.0859. The second-order valence-corrected chi connectivity index (χ2v) is 8.60. The predicted molar refractivity (Wildman–Crippen MR) is 131 cm³/mol. The van der Waals surface area contributed by atoms with Gasteiger partial charge in [-0.25, -0.2) is 0 Å². The molecule has 0 spiro atoms. The summed E-state index contributed by atoms with van der Waals surface area (Å²) < 4.78 is 0. The van der Waals surface area contributed by atoms with E-state index in [9.17, 15) is 4.79 Å². The Balaban J connectivity index is 1.83. The van der Waals surface area contributed by atoms with E-state index >= 15 is 0 Å². The van der Waals surface area contributed by atoms with Crippen LogP contribution < -0.4 is 10.9 Å². The fourth-order valence-electron chi connectivity index (χ4n) is 3.43. The Morgan fingerprint density at radius 3 is 2.61 bits per heavy atom. The number of hydrogen-bond acceptors (Lipinski definition) is 4. The van der Waals surface area contributed by atoms with Crippen LogP contribution in [0, 0.1) is 13.8 Å². The molecule has 31 heavy (non-hydrogen) atoms. The van der Waals surface area contributed by atoms with E-state index in [4.69, 9.17) is 12.2 Å². The molecule has 0 aliphatic carbocycles. The zero-order valence-corrected chi connectivity index (χ0v) is 19.6. The highest BCUT2D eigenvalue weighted by Gasteiger charge is 2.15. The second-order valence-electron chi connectivity index (χ2n) is 8.21. The molecule has 6 nitrogen and oxygen atoms in total. The summed E-state index contributed by atoms with van der Waals surface area (Å²) in [6.45, 7) is 6.84. The van der Waals surface area contributed by atoms with Crippen molar-refractivity contribution in [3.8, 4) is 0 Å². The molecular formula is C24H31N5OS. The first-order valence-electron chi connectivity index (χ1n) is 10.5. The van der Waals surface area contributed by atoms with Crippen LogP contribution in [0.1, 0.15) is 28.8 Å². The largest absolute Gasteiger partial charge is 0.362 e. The van der Waals surface area contributed by atoms with Gasteiger partial charge in [-0.15, -0.1) is 0 Å². The van der Waals surface area contributed by atoms with Gasteiger partial charge in [0.15, 0.2) is 5.11 Å². The van der Waals surface area contributed by atoms with Gasteiger partial charge < -0.3 is 20.1 Å². The summed E-state index contributed by atoms with van der Waals surface area (Å²) in [7, 11) is 4.11. The summed E-state index contributed by atoms with van der Waals surface area (Å²) in [5, 5.41) is 5.00. The number of fused-ring (bicyclic) bond motifs is 1. The van der Waals surface area contributed by atoms with Gasteiger partial charge in [0.1, 0.15) is 0 Å². The van der Waals surface area contributed by atoms with Crippen molar-refractivity contribution in [1.29, 1.82) is 0 Å². The van der Waals surface area contributed by atoms with E-state index in [0.29, 0.717) is 23.8 Å². The number of aromatic amines is 1. The van der Waals surface area contributed by atoms with E-state index < -0.39 is 0 Å². The highest BCUT2D eigenvalue weighted by Crippen LogP contribution is 2.18. The Morgan fingerprint density at radius 1 is 1.13 bits per heavy atom. The Bertz CT molecular complexity index is 1090. The molecule has 2 heterocycles. The van der Waals surface area contributed by atoms with Gasteiger partial charge in [0.05, 0.1) is 18.8 Å². The average molecular weight is 438 g/mol. The normalized spacial score (nSPS) is 11.1. The molecule has 2 N–H and O–H groups in total. The minimum atomic E-state index is -0.0859. The fourth-order valence-corrected chi connectivity index (χ4v) is 3.67. The zero-order chi connectivity index (χ0) is 22.4. The van der Waals surface area contributed by atoms with Gasteiger partial charge >= 0.3 is 0 Å². The summed E-state index contributed by atoms with van der Waals surface area (Å²) in [6, 6.07) is 11.9. The summed E-state index contributed by atoms with van der Waals surface area (Å²) >= 11 is 5.69. The number of aryl methyl sites for hydroxylation is 2. The molecule has 0 radical (unpaired) electrons. The van der Waals surface area contributed by atoms with Crippen LogP contribution in [-0.4, -0.2) is 52.1 Å². The smallest absolute Gasteiger partial charge is 0.253 e. The number of nitrogens with zero attached hydrogens (tertiary/aromatic N) is 3. The number of pyridine rings is 2. The van der Waals surface area contributed by atoms with Crippen molar-refractivity contribution in [2.75, 3.05) is 27.2 Å². The number of thiocarbonyl (C=S) groups is 1. The lowest BCUT2D eigenvalue weighted by Crippen LogP contribution is -2.41. The first-order valence-corrected chi connectivity index (χ1v) is 10.9. The fraction of sp³-hybridized carbons (Fsp3) is 0.375. The van der Waals surface area contributed by atoms with Crippen molar-refractivity contribution in [2.24, 2.45) is 0 Å². The molecule has 0 saturated carbocycles. The van der Waals surface area contributed by atoms with Crippen LogP contribution in [-0.2, 0) is 13.1 Å². The van der Waals surface area contributed by atoms with Crippen LogP contribution in [0.4, 0.5) is 0 Å². The topological polar surface area (TPSA) is 64.3 Å². The average Bonchev–Trinajstić information content (AvgIpc) is 2.73. The first-order chi connectivity index (χ1) is 14.8. The molecule has 0 atom stereocenters. The molecule has 2 aromatic heterocycles. The number of aromatic nitrogens is 2. The number of benzene rings is 1. The Kier molecular flexibility index (Phi) is 7.76. The van der Waals surface area contributed by atoms with Crippen molar-refractivity contribution >= 4 is 28.2 Å². The zero-order valence-electron chi connectivity index (χ0n) is 18.7. The van der Waals surface area contributed by atoms with Gasteiger partial charge in [-0.05, 0) is 100.0 Å². The monoisotopic (exact) mass is 437 g/mol. The Labute approximate surface area is 189 Å². The van der Waals surface area contributed by atoms with Crippen molar-refractivity contribution in [3.05, 3.63) is 75.3 Å². The van der Waals surface area contributed by atoms with Crippen LogP contribution in [0.15, 0.2) is 47.4 Å². The van der Waals surface area contributed by atoms with Crippen molar-refractivity contribution in [1.82, 2.24) is 25.1 Å². The van der Waals surface area contributed by atoms with E-state index in [1.807, 2.05) is 35.2 Å². The van der Waals surface area contributed by atoms with Crippen LogP contribution in [0.5, 0.6) is 0 Å². The third kappa shape index (κ3) is 6.35. The minimum Gasteiger partial charge on any atom is -0.362 e. The van der Waals surface area contributed by atoms with Gasteiger partial charge in [-0.2, -0.15) is 0 Å². The molecule has 7 heteroatoms. The molecule has 0 unspecified atom stereocenters. The van der Waals surface area contributed by atoms with Gasteiger partial charge in [-0.1, -0.05) is 6.07 Å². The van der Waals surface area contributed by atoms with Crippen LogP contribution in [0.25, 0.3) is 10.9 Å². The molecule has 3 rings (SSSR count). The summed E-state index contributed by atoms with van der Waals surface area (Å²) in [5.74, 6) is 0. The number of hydrogen-bond donors (Lipinski definition) is 2. The lowest BCUT2D eigenvalue weighted by atomic mass is 10.0. The van der Waals surface area contributed by atoms with E-state index in [1.54, 1.807) is 6.20 Å². The number of H-pyrrole nitrogens is 1. The van der Waals surface area contributed by atoms with E-state index in [1.165, 1.54) is 5.56 Å². The first kappa shape index (κ1) is 22.9.